The van der Waals surface area contributed by atoms with Crippen molar-refractivity contribution in [3.05, 3.63) is 54.1 Å². The van der Waals surface area contributed by atoms with E-state index < -0.39 is 12.3 Å². The molecule has 1 saturated heterocycles. The Hall–Kier alpha value is -2.82. The molecule has 0 aromatic heterocycles. The number of ether oxygens (including phenoxy) is 1. The molecule has 0 bridgehead atoms. The number of hydrogen-bond acceptors (Lipinski definition) is 4. The Morgan fingerprint density at radius 2 is 1.82 bits per heavy atom. The number of rotatable bonds is 6. The number of cyclic esters (lactones) is 1. The summed E-state index contributed by atoms with van der Waals surface area (Å²) in [6, 6.07) is 14.8. The summed E-state index contributed by atoms with van der Waals surface area (Å²) >= 11 is 0. The first-order valence-corrected chi connectivity index (χ1v) is 9.90. The quantitative estimate of drug-likeness (QED) is 0.590. The van der Waals surface area contributed by atoms with Gasteiger partial charge in [0, 0.05) is 23.2 Å². The molecule has 0 aliphatic carbocycles. The van der Waals surface area contributed by atoms with Gasteiger partial charge in [-0.25, -0.2) is 4.79 Å². The highest BCUT2D eigenvalue weighted by Gasteiger charge is 2.46. The van der Waals surface area contributed by atoms with E-state index in [-0.39, 0.29) is 17.8 Å². The number of benzene rings is 2. The number of nitrogens with zero attached hydrogens (tertiary/aromatic N) is 1. The predicted octanol–water partition coefficient (Wildman–Crippen LogP) is 4.53. The van der Waals surface area contributed by atoms with Crippen molar-refractivity contribution in [2.45, 2.75) is 52.3 Å². The van der Waals surface area contributed by atoms with Gasteiger partial charge in [-0.3, -0.25) is 9.69 Å². The second-order valence-corrected chi connectivity index (χ2v) is 7.59. The zero-order valence-electron chi connectivity index (χ0n) is 16.7. The van der Waals surface area contributed by atoms with Gasteiger partial charge < -0.3 is 10.5 Å². The van der Waals surface area contributed by atoms with Gasteiger partial charge in [0.15, 0.2) is 0 Å². The Labute approximate surface area is 166 Å². The molecule has 1 fully saturated rings. The average Bonchev–Trinajstić information content (AvgIpc) is 3.04. The number of nitrogen functional groups attached to an aromatic ring is 1. The number of unbranched alkanes of at least 4 members (excludes halogenated alkanes) is 1. The van der Waals surface area contributed by atoms with Crippen LogP contribution in [0.15, 0.2) is 48.5 Å². The van der Waals surface area contributed by atoms with Gasteiger partial charge in [-0.2, -0.15) is 0 Å². The first kappa shape index (κ1) is 19.9. The molecule has 0 spiro atoms. The molecule has 2 N–H and O–H groups in total. The molecule has 0 radical (unpaired) electrons. The number of carbonyl (C=O) groups is 2. The summed E-state index contributed by atoms with van der Waals surface area (Å²) in [5.41, 5.74) is 9.50. The van der Waals surface area contributed by atoms with Gasteiger partial charge in [-0.15, -0.1) is 0 Å². The lowest BCUT2D eigenvalue weighted by molar-refractivity contribution is -0.144. The highest BCUT2D eigenvalue weighted by Crippen LogP contribution is 2.36. The molecule has 1 aliphatic rings. The van der Waals surface area contributed by atoms with E-state index in [2.05, 4.69) is 0 Å². The molecule has 1 heterocycles. The van der Waals surface area contributed by atoms with Gasteiger partial charge in [-0.1, -0.05) is 69.7 Å². The van der Waals surface area contributed by atoms with Crippen molar-refractivity contribution in [1.29, 1.82) is 0 Å². The largest absolute Gasteiger partial charge is 0.435 e. The number of nitrogens with two attached hydrogens (primary N) is 1. The highest BCUT2D eigenvalue weighted by molar-refractivity contribution is 5.88. The summed E-state index contributed by atoms with van der Waals surface area (Å²) in [5.74, 6) is -0.375. The monoisotopic (exact) mass is 380 g/mol. The Bertz CT molecular complexity index is 845. The van der Waals surface area contributed by atoms with Crippen LogP contribution in [0.2, 0.25) is 0 Å². The van der Waals surface area contributed by atoms with Crippen molar-refractivity contribution in [1.82, 2.24) is 4.90 Å². The number of anilines is 1. The molecule has 2 atom stereocenters. The van der Waals surface area contributed by atoms with E-state index >= 15 is 0 Å². The number of amides is 1. The van der Waals surface area contributed by atoms with Gasteiger partial charge in [-0.05, 0) is 24.0 Å². The fourth-order valence-corrected chi connectivity index (χ4v) is 3.65. The van der Waals surface area contributed by atoms with Crippen LogP contribution in [0, 0.1) is 5.92 Å². The van der Waals surface area contributed by atoms with Crippen LogP contribution in [0.5, 0.6) is 0 Å². The summed E-state index contributed by atoms with van der Waals surface area (Å²) in [4.78, 5) is 27.0. The van der Waals surface area contributed by atoms with Crippen LogP contribution in [0.25, 0.3) is 11.1 Å². The maximum atomic E-state index is 12.9. The lowest BCUT2D eigenvalue weighted by Crippen LogP contribution is -2.42. The molecular formula is C23H28N2O3. The molecular weight excluding hydrogens is 352 g/mol. The van der Waals surface area contributed by atoms with E-state index in [4.69, 9.17) is 10.5 Å². The van der Waals surface area contributed by atoms with Crippen LogP contribution in [-0.4, -0.2) is 22.8 Å². The fourth-order valence-electron chi connectivity index (χ4n) is 3.65. The summed E-state index contributed by atoms with van der Waals surface area (Å²) < 4.78 is 5.65. The molecule has 28 heavy (non-hydrogen) atoms. The third-order valence-corrected chi connectivity index (χ3v) is 5.15. The van der Waals surface area contributed by atoms with E-state index in [0.717, 1.165) is 29.5 Å². The van der Waals surface area contributed by atoms with Crippen LogP contribution in [0.4, 0.5) is 5.69 Å². The average molecular weight is 380 g/mol. The molecule has 5 heteroatoms. The van der Waals surface area contributed by atoms with Crippen LogP contribution >= 0.6 is 0 Å². The minimum atomic E-state index is -0.675. The van der Waals surface area contributed by atoms with E-state index in [1.165, 1.54) is 0 Å². The van der Waals surface area contributed by atoms with Crippen molar-refractivity contribution in [3.8, 4) is 11.1 Å². The standard InChI is InChI=1S/C23H28N2O3/c1-4-5-10-20(26)25-21(15(2)3)23(27)28-22(25)17-13-11-16(12-14-17)18-8-6-7-9-19(18)24/h6-9,11-15,21-22H,4-5,10,24H2,1-3H3. The second kappa shape index (κ2) is 8.46. The first-order chi connectivity index (χ1) is 13.4. The van der Waals surface area contributed by atoms with Crippen LogP contribution in [0.3, 0.4) is 0 Å². The number of esters is 1. The Balaban J connectivity index is 1.90. The van der Waals surface area contributed by atoms with Crippen molar-refractivity contribution in [2.75, 3.05) is 5.73 Å². The van der Waals surface area contributed by atoms with E-state index in [1.807, 2.05) is 69.3 Å². The maximum Gasteiger partial charge on any atom is 0.331 e. The summed E-state index contributed by atoms with van der Waals surface area (Å²) in [6.07, 6.45) is 1.48. The molecule has 0 saturated carbocycles. The third kappa shape index (κ3) is 3.88. The molecule has 5 nitrogen and oxygen atoms in total. The Morgan fingerprint density at radius 3 is 2.43 bits per heavy atom. The van der Waals surface area contributed by atoms with Crippen molar-refractivity contribution in [3.63, 3.8) is 0 Å². The van der Waals surface area contributed by atoms with E-state index in [0.29, 0.717) is 12.1 Å². The minimum absolute atomic E-state index is 0.00790. The normalized spacial score (nSPS) is 19.1. The number of hydrogen-bond donors (Lipinski definition) is 1. The molecule has 2 aromatic carbocycles. The lowest BCUT2D eigenvalue weighted by Gasteiger charge is -2.28. The first-order valence-electron chi connectivity index (χ1n) is 9.90. The summed E-state index contributed by atoms with van der Waals surface area (Å²) in [5, 5.41) is 0. The maximum absolute atomic E-state index is 12.9. The molecule has 1 amide bonds. The van der Waals surface area contributed by atoms with Gasteiger partial charge in [0.1, 0.15) is 6.04 Å². The molecule has 3 rings (SSSR count). The molecule has 2 aromatic rings. The predicted molar refractivity (Wildman–Crippen MR) is 110 cm³/mol. The zero-order valence-corrected chi connectivity index (χ0v) is 16.7. The molecule has 1 aliphatic heterocycles. The third-order valence-electron chi connectivity index (χ3n) is 5.15. The van der Waals surface area contributed by atoms with Crippen molar-refractivity contribution in [2.24, 2.45) is 5.92 Å². The SMILES string of the molecule is CCCCC(=O)N1C(c2ccc(-c3ccccc3N)cc2)OC(=O)C1C(C)C. The van der Waals surface area contributed by atoms with Crippen molar-refractivity contribution < 1.29 is 14.3 Å². The summed E-state index contributed by atoms with van der Waals surface area (Å²) in [7, 11) is 0. The van der Waals surface area contributed by atoms with Crippen LogP contribution < -0.4 is 5.73 Å². The lowest BCUT2D eigenvalue weighted by atomic mass is 10.00. The second-order valence-electron chi connectivity index (χ2n) is 7.59. The smallest absolute Gasteiger partial charge is 0.331 e. The van der Waals surface area contributed by atoms with Crippen molar-refractivity contribution >= 4 is 17.6 Å². The fraction of sp³-hybridized carbons (Fsp3) is 0.391. The Kier molecular flexibility index (Phi) is 6.02. The van der Waals surface area contributed by atoms with Gasteiger partial charge in [0.05, 0.1) is 0 Å². The van der Waals surface area contributed by atoms with E-state index in [1.54, 1.807) is 4.90 Å². The molecule has 148 valence electrons. The number of para-hydroxylation sites is 1. The van der Waals surface area contributed by atoms with E-state index in [9.17, 15) is 9.59 Å². The Morgan fingerprint density at radius 1 is 1.14 bits per heavy atom. The summed E-state index contributed by atoms with van der Waals surface area (Å²) in [6.45, 7) is 5.93. The van der Waals surface area contributed by atoms with Gasteiger partial charge >= 0.3 is 5.97 Å². The minimum Gasteiger partial charge on any atom is -0.435 e. The topological polar surface area (TPSA) is 72.6 Å². The van der Waals surface area contributed by atoms with Crippen LogP contribution in [0.1, 0.15) is 51.8 Å². The number of carbonyl (C=O) groups excluding carboxylic acids is 2. The van der Waals surface area contributed by atoms with Crippen LogP contribution in [-0.2, 0) is 14.3 Å². The zero-order chi connectivity index (χ0) is 20.3. The van der Waals surface area contributed by atoms with Gasteiger partial charge in [0.2, 0.25) is 12.1 Å². The molecule has 2 unspecified atom stereocenters. The van der Waals surface area contributed by atoms with Gasteiger partial charge in [0.25, 0.3) is 0 Å². The highest BCUT2D eigenvalue weighted by atomic mass is 16.6.